The van der Waals surface area contributed by atoms with Crippen molar-refractivity contribution in [3.8, 4) is 16.5 Å². The first kappa shape index (κ1) is 20.1. The van der Waals surface area contributed by atoms with Crippen LogP contribution in [-0.4, -0.2) is 31.9 Å². The molecule has 1 aromatic carbocycles. The van der Waals surface area contributed by atoms with Crippen LogP contribution in [0.3, 0.4) is 0 Å². The zero-order valence-corrected chi connectivity index (χ0v) is 18.0. The molecule has 4 aromatic rings. The Bertz CT molecular complexity index is 1240. The third kappa shape index (κ3) is 4.07. The minimum absolute atomic E-state index is 0.257. The van der Waals surface area contributed by atoms with Gasteiger partial charge in [-0.1, -0.05) is 25.1 Å². The zero-order chi connectivity index (χ0) is 21.1. The van der Waals surface area contributed by atoms with Gasteiger partial charge in [0.15, 0.2) is 0 Å². The molecule has 30 heavy (non-hydrogen) atoms. The number of nitrogens with zero attached hydrogens (tertiary/aromatic N) is 3. The van der Waals surface area contributed by atoms with Gasteiger partial charge in [0.25, 0.3) is 11.5 Å². The van der Waals surface area contributed by atoms with E-state index in [-0.39, 0.29) is 17.4 Å². The number of aromatic nitrogens is 4. The molecule has 0 unspecified atom stereocenters. The first-order valence-corrected chi connectivity index (χ1v) is 11.4. The van der Waals surface area contributed by atoms with Crippen LogP contribution < -0.4 is 10.9 Å². The lowest BCUT2D eigenvalue weighted by Crippen LogP contribution is -2.19. The van der Waals surface area contributed by atoms with Gasteiger partial charge < -0.3 is 5.32 Å². The molecule has 0 aliphatic carbocycles. The van der Waals surface area contributed by atoms with Crippen LogP contribution in [0.25, 0.3) is 16.5 Å². The van der Waals surface area contributed by atoms with Crippen molar-refractivity contribution in [2.24, 2.45) is 0 Å². The summed E-state index contributed by atoms with van der Waals surface area (Å²) in [6, 6.07) is 14.5. The number of carbonyl (C=O) groups is 1. The standard InChI is InChI=1S/C21H19N5O2S2/c1-3-13-11-19(27)24-21(22-13)26-18(12-15(25-26)17-9-6-10-30-17)23-20(28)14-7-4-5-8-16(14)29-2/h4-12H,3H2,1-2H3,(H,23,28)(H,22,24,27). The van der Waals surface area contributed by atoms with Crippen molar-refractivity contribution in [1.29, 1.82) is 0 Å². The van der Waals surface area contributed by atoms with Gasteiger partial charge in [0.05, 0.1) is 10.4 Å². The molecule has 0 atom stereocenters. The van der Waals surface area contributed by atoms with Crippen LogP contribution in [0.2, 0.25) is 0 Å². The molecule has 0 bridgehead atoms. The van der Waals surface area contributed by atoms with Gasteiger partial charge in [-0.3, -0.25) is 14.6 Å². The number of aromatic amines is 1. The summed E-state index contributed by atoms with van der Waals surface area (Å²) in [7, 11) is 0. The number of thioether (sulfide) groups is 1. The predicted octanol–water partition coefficient (Wildman–Crippen LogP) is 4.22. The van der Waals surface area contributed by atoms with E-state index in [1.807, 2.05) is 48.9 Å². The number of aryl methyl sites for hydroxylation is 1. The van der Waals surface area contributed by atoms with Gasteiger partial charge in [0.1, 0.15) is 11.5 Å². The van der Waals surface area contributed by atoms with Crippen LogP contribution in [-0.2, 0) is 6.42 Å². The van der Waals surface area contributed by atoms with Gasteiger partial charge in [-0.25, -0.2) is 4.98 Å². The van der Waals surface area contributed by atoms with Gasteiger partial charge in [0, 0.05) is 22.7 Å². The number of benzene rings is 1. The average Bonchev–Trinajstić information content (AvgIpc) is 3.43. The molecule has 3 heterocycles. The number of rotatable bonds is 6. The number of hydrogen-bond acceptors (Lipinski definition) is 6. The van der Waals surface area contributed by atoms with Gasteiger partial charge in [0.2, 0.25) is 5.95 Å². The fourth-order valence-corrected chi connectivity index (χ4v) is 4.24. The van der Waals surface area contributed by atoms with E-state index in [0.29, 0.717) is 29.2 Å². The number of thiophene rings is 1. The molecule has 0 saturated carbocycles. The Morgan fingerprint density at radius 1 is 1.23 bits per heavy atom. The van der Waals surface area contributed by atoms with Crippen molar-refractivity contribution in [3.63, 3.8) is 0 Å². The van der Waals surface area contributed by atoms with Crippen molar-refractivity contribution in [2.75, 3.05) is 11.6 Å². The largest absolute Gasteiger partial charge is 0.306 e. The van der Waals surface area contributed by atoms with Crippen LogP contribution in [0.4, 0.5) is 5.82 Å². The Morgan fingerprint density at radius 2 is 2.07 bits per heavy atom. The summed E-state index contributed by atoms with van der Waals surface area (Å²) in [6.07, 6.45) is 2.54. The summed E-state index contributed by atoms with van der Waals surface area (Å²) in [6.45, 7) is 1.92. The SMILES string of the molecule is CCc1cc(=O)[nH]c(-n2nc(-c3cccs3)cc2NC(=O)c2ccccc2SC)n1. The van der Waals surface area contributed by atoms with E-state index in [4.69, 9.17) is 0 Å². The van der Waals surface area contributed by atoms with Crippen LogP contribution in [0.5, 0.6) is 0 Å². The fourth-order valence-electron chi connectivity index (χ4n) is 2.97. The molecule has 3 aromatic heterocycles. The Kier molecular flexibility index (Phi) is 5.82. The highest BCUT2D eigenvalue weighted by Gasteiger charge is 2.18. The van der Waals surface area contributed by atoms with Gasteiger partial charge in [-0.05, 0) is 36.3 Å². The molecule has 2 N–H and O–H groups in total. The summed E-state index contributed by atoms with van der Waals surface area (Å²) in [5.41, 5.74) is 1.63. The zero-order valence-electron chi connectivity index (χ0n) is 16.4. The highest BCUT2D eigenvalue weighted by atomic mass is 32.2. The summed E-state index contributed by atoms with van der Waals surface area (Å²) < 4.78 is 1.47. The summed E-state index contributed by atoms with van der Waals surface area (Å²) in [5.74, 6) is 0.430. The Balaban J connectivity index is 1.79. The molecule has 4 rings (SSSR count). The number of hydrogen-bond donors (Lipinski definition) is 2. The Labute approximate surface area is 181 Å². The van der Waals surface area contributed by atoms with Crippen LogP contribution in [0.15, 0.2) is 63.6 Å². The maximum Gasteiger partial charge on any atom is 0.257 e. The molecule has 9 heteroatoms. The van der Waals surface area contributed by atoms with E-state index in [2.05, 4.69) is 20.4 Å². The third-order valence-corrected chi connectivity index (χ3v) is 6.11. The second-order valence-electron chi connectivity index (χ2n) is 6.37. The lowest BCUT2D eigenvalue weighted by atomic mass is 10.2. The Hall–Kier alpha value is -3.17. The smallest absolute Gasteiger partial charge is 0.257 e. The van der Waals surface area contributed by atoms with Crippen LogP contribution >= 0.6 is 23.1 Å². The van der Waals surface area contributed by atoms with E-state index in [0.717, 1.165) is 9.77 Å². The van der Waals surface area contributed by atoms with Crippen LogP contribution in [0, 0.1) is 0 Å². The quantitative estimate of drug-likeness (QED) is 0.441. The first-order valence-electron chi connectivity index (χ1n) is 9.28. The highest BCUT2D eigenvalue weighted by Crippen LogP contribution is 2.28. The maximum atomic E-state index is 13.0. The number of carbonyl (C=O) groups excluding carboxylic acids is 1. The molecule has 152 valence electrons. The molecular formula is C21H19N5O2S2. The second kappa shape index (κ2) is 8.68. The predicted molar refractivity (Wildman–Crippen MR) is 121 cm³/mol. The molecule has 0 spiro atoms. The highest BCUT2D eigenvalue weighted by molar-refractivity contribution is 7.98. The molecule has 0 aliphatic heterocycles. The van der Waals surface area contributed by atoms with Crippen molar-refractivity contribution in [3.05, 3.63) is 75.5 Å². The average molecular weight is 438 g/mol. The number of amides is 1. The molecule has 0 fully saturated rings. The van der Waals surface area contributed by atoms with Crippen molar-refractivity contribution in [1.82, 2.24) is 19.7 Å². The molecule has 7 nitrogen and oxygen atoms in total. The molecule has 1 amide bonds. The first-order chi connectivity index (χ1) is 14.6. The number of anilines is 1. The molecule has 0 saturated heterocycles. The molecule has 0 radical (unpaired) electrons. The van der Waals surface area contributed by atoms with Crippen LogP contribution in [0.1, 0.15) is 23.0 Å². The van der Waals surface area contributed by atoms with Gasteiger partial charge in [-0.2, -0.15) is 9.78 Å². The Morgan fingerprint density at radius 3 is 2.80 bits per heavy atom. The lowest BCUT2D eigenvalue weighted by Gasteiger charge is -2.10. The van der Waals surface area contributed by atoms with E-state index >= 15 is 0 Å². The van der Waals surface area contributed by atoms with Gasteiger partial charge >= 0.3 is 0 Å². The minimum atomic E-state index is -0.268. The minimum Gasteiger partial charge on any atom is -0.306 e. The molecule has 0 aliphatic rings. The third-order valence-electron chi connectivity index (χ3n) is 4.42. The van der Waals surface area contributed by atoms with E-state index in [1.54, 1.807) is 23.5 Å². The second-order valence-corrected chi connectivity index (χ2v) is 8.17. The van der Waals surface area contributed by atoms with E-state index in [1.165, 1.54) is 22.5 Å². The summed E-state index contributed by atoms with van der Waals surface area (Å²) >= 11 is 3.04. The van der Waals surface area contributed by atoms with Crippen molar-refractivity contribution in [2.45, 2.75) is 18.2 Å². The number of nitrogens with one attached hydrogen (secondary N) is 2. The maximum absolute atomic E-state index is 13.0. The lowest BCUT2D eigenvalue weighted by molar-refractivity contribution is 0.102. The normalized spacial score (nSPS) is 10.9. The van der Waals surface area contributed by atoms with Gasteiger partial charge in [-0.15, -0.1) is 23.1 Å². The fraction of sp³-hybridized carbons (Fsp3) is 0.143. The van der Waals surface area contributed by atoms with Crippen molar-refractivity contribution >= 4 is 34.8 Å². The monoisotopic (exact) mass is 437 g/mol. The molecular weight excluding hydrogens is 418 g/mol. The van der Waals surface area contributed by atoms with Crippen molar-refractivity contribution < 1.29 is 4.79 Å². The summed E-state index contributed by atoms with van der Waals surface area (Å²) in [4.78, 5) is 34.1. The topological polar surface area (TPSA) is 92.7 Å². The number of H-pyrrole nitrogens is 1. The summed E-state index contributed by atoms with van der Waals surface area (Å²) in [5, 5.41) is 9.49. The van der Waals surface area contributed by atoms with E-state index in [9.17, 15) is 9.59 Å². The van der Waals surface area contributed by atoms with E-state index < -0.39 is 0 Å².